The van der Waals surface area contributed by atoms with Crippen molar-refractivity contribution in [1.29, 1.82) is 0 Å². The topological polar surface area (TPSA) is 60.9 Å². The van der Waals surface area contributed by atoms with Crippen LogP contribution in [0.1, 0.15) is 16.1 Å². The number of aryl methyl sites for hydroxylation is 1. The molecule has 0 saturated carbocycles. The van der Waals surface area contributed by atoms with Gasteiger partial charge in [0, 0.05) is 11.8 Å². The SMILES string of the molecule is Cc1ccn(-c2ccc(C(N)=O)cc2)n1. The van der Waals surface area contributed by atoms with E-state index < -0.39 is 5.91 Å². The monoisotopic (exact) mass is 201 g/mol. The zero-order chi connectivity index (χ0) is 10.8. The highest BCUT2D eigenvalue weighted by atomic mass is 16.1. The van der Waals surface area contributed by atoms with Crippen molar-refractivity contribution in [2.45, 2.75) is 6.92 Å². The van der Waals surface area contributed by atoms with Crippen LogP contribution >= 0.6 is 0 Å². The molecule has 0 fully saturated rings. The van der Waals surface area contributed by atoms with Crippen LogP contribution in [0.4, 0.5) is 0 Å². The molecule has 2 N–H and O–H groups in total. The molecule has 0 aliphatic carbocycles. The number of carbonyl (C=O) groups excluding carboxylic acids is 1. The van der Waals surface area contributed by atoms with Crippen LogP contribution in [0.25, 0.3) is 5.69 Å². The Kier molecular flexibility index (Phi) is 2.25. The van der Waals surface area contributed by atoms with E-state index in [1.807, 2.05) is 31.3 Å². The fourth-order valence-electron chi connectivity index (χ4n) is 1.34. The van der Waals surface area contributed by atoms with Gasteiger partial charge in [-0.15, -0.1) is 0 Å². The molecule has 4 heteroatoms. The van der Waals surface area contributed by atoms with Crippen LogP contribution in [-0.4, -0.2) is 15.7 Å². The number of hydrogen-bond donors (Lipinski definition) is 1. The molecule has 0 aliphatic rings. The van der Waals surface area contributed by atoms with Gasteiger partial charge in [-0.2, -0.15) is 5.10 Å². The van der Waals surface area contributed by atoms with Gasteiger partial charge in [0.1, 0.15) is 0 Å². The van der Waals surface area contributed by atoms with Crippen molar-refractivity contribution in [3.63, 3.8) is 0 Å². The molecular weight excluding hydrogens is 190 g/mol. The highest BCUT2D eigenvalue weighted by Gasteiger charge is 2.01. The first kappa shape index (κ1) is 9.45. The van der Waals surface area contributed by atoms with E-state index in [9.17, 15) is 4.79 Å². The lowest BCUT2D eigenvalue weighted by Gasteiger charge is -2.01. The zero-order valence-electron chi connectivity index (χ0n) is 8.34. The Morgan fingerprint density at radius 3 is 2.40 bits per heavy atom. The number of carbonyl (C=O) groups is 1. The standard InChI is InChI=1S/C11H11N3O/c1-8-6-7-14(13-8)10-4-2-9(3-5-10)11(12)15/h2-7H,1H3,(H2,12,15). The number of benzene rings is 1. The Morgan fingerprint density at radius 1 is 1.27 bits per heavy atom. The van der Waals surface area contributed by atoms with Crippen LogP contribution < -0.4 is 5.73 Å². The van der Waals surface area contributed by atoms with Gasteiger partial charge < -0.3 is 5.73 Å². The Morgan fingerprint density at radius 2 is 1.93 bits per heavy atom. The first-order valence-corrected chi connectivity index (χ1v) is 4.59. The van der Waals surface area contributed by atoms with E-state index in [2.05, 4.69) is 5.10 Å². The van der Waals surface area contributed by atoms with Crippen LogP contribution in [0.3, 0.4) is 0 Å². The van der Waals surface area contributed by atoms with Crippen molar-refractivity contribution in [1.82, 2.24) is 9.78 Å². The highest BCUT2D eigenvalue weighted by Crippen LogP contribution is 2.09. The van der Waals surface area contributed by atoms with Crippen LogP contribution in [0.15, 0.2) is 36.5 Å². The lowest BCUT2D eigenvalue weighted by molar-refractivity contribution is 0.100. The summed E-state index contributed by atoms with van der Waals surface area (Å²) in [5, 5.41) is 4.26. The predicted molar refractivity (Wildman–Crippen MR) is 56.8 cm³/mol. The third-order valence-corrected chi connectivity index (χ3v) is 2.14. The van der Waals surface area contributed by atoms with Crippen molar-refractivity contribution in [3.8, 4) is 5.69 Å². The minimum absolute atomic E-state index is 0.418. The smallest absolute Gasteiger partial charge is 0.248 e. The largest absolute Gasteiger partial charge is 0.366 e. The van der Waals surface area contributed by atoms with Crippen LogP contribution in [0.2, 0.25) is 0 Å². The van der Waals surface area contributed by atoms with E-state index in [0.29, 0.717) is 5.56 Å². The maximum atomic E-state index is 10.9. The van der Waals surface area contributed by atoms with Gasteiger partial charge in [-0.05, 0) is 37.3 Å². The molecule has 1 aromatic heterocycles. The molecule has 1 amide bonds. The fraction of sp³-hybridized carbons (Fsp3) is 0.0909. The van der Waals surface area contributed by atoms with Crippen molar-refractivity contribution < 1.29 is 4.79 Å². The maximum absolute atomic E-state index is 10.9. The van der Waals surface area contributed by atoms with Gasteiger partial charge >= 0.3 is 0 Å². The second-order valence-corrected chi connectivity index (χ2v) is 3.31. The second-order valence-electron chi connectivity index (χ2n) is 3.31. The van der Waals surface area contributed by atoms with Gasteiger partial charge in [0.05, 0.1) is 11.4 Å². The highest BCUT2D eigenvalue weighted by molar-refractivity contribution is 5.92. The minimum atomic E-state index is -0.418. The van der Waals surface area contributed by atoms with Crippen LogP contribution in [-0.2, 0) is 0 Å². The van der Waals surface area contributed by atoms with Gasteiger partial charge in [0.2, 0.25) is 5.91 Å². The van der Waals surface area contributed by atoms with E-state index >= 15 is 0 Å². The molecular formula is C11H11N3O. The Balaban J connectivity index is 2.35. The molecule has 76 valence electrons. The normalized spacial score (nSPS) is 10.2. The molecule has 0 saturated heterocycles. The molecule has 0 spiro atoms. The Bertz CT molecular complexity index is 485. The Labute approximate surface area is 87.3 Å². The van der Waals surface area contributed by atoms with Crippen LogP contribution in [0.5, 0.6) is 0 Å². The minimum Gasteiger partial charge on any atom is -0.366 e. The summed E-state index contributed by atoms with van der Waals surface area (Å²) < 4.78 is 1.75. The molecule has 0 radical (unpaired) electrons. The first-order valence-electron chi connectivity index (χ1n) is 4.59. The fourth-order valence-corrected chi connectivity index (χ4v) is 1.34. The molecule has 15 heavy (non-hydrogen) atoms. The van der Waals surface area contributed by atoms with E-state index in [4.69, 9.17) is 5.73 Å². The number of rotatable bonds is 2. The number of hydrogen-bond acceptors (Lipinski definition) is 2. The van der Waals surface area contributed by atoms with Crippen molar-refractivity contribution >= 4 is 5.91 Å². The van der Waals surface area contributed by atoms with E-state index in [1.165, 1.54) is 0 Å². The van der Waals surface area contributed by atoms with Crippen molar-refractivity contribution in [3.05, 3.63) is 47.8 Å². The van der Waals surface area contributed by atoms with Crippen LogP contribution in [0, 0.1) is 6.92 Å². The summed E-state index contributed by atoms with van der Waals surface area (Å²) in [6.45, 7) is 1.92. The predicted octanol–water partition coefficient (Wildman–Crippen LogP) is 1.28. The van der Waals surface area contributed by atoms with E-state index in [-0.39, 0.29) is 0 Å². The van der Waals surface area contributed by atoms with Gasteiger partial charge in [-0.3, -0.25) is 4.79 Å². The summed E-state index contributed by atoms with van der Waals surface area (Å²) in [6, 6.07) is 8.92. The lowest BCUT2D eigenvalue weighted by Crippen LogP contribution is -2.10. The number of nitrogens with zero attached hydrogens (tertiary/aromatic N) is 2. The average Bonchev–Trinajstić information content (AvgIpc) is 2.65. The average molecular weight is 201 g/mol. The number of amides is 1. The van der Waals surface area contributed by atoms with Gasteiger partial charge in [-0.1, -0.05) is 0 Å². The molecule has 0 bridgehead atoms. The van der Waals surface area contributed by atoms with Gasteiger partial charge in [-0.25, -0.2) is 4.68 Å². The quantitative estimate of drug-likeness (QED) is 0.795. The zero-order valence-corrected chi connectivity index (χ0v) is 8.34. The summed E-state index contributed by atoms with van der Waals surface area (Å²) in [4.78, 5) is 10.9. The third kappa shape index (κ3) is 1.88. The summed E-state index contributed by atoms with van der Waals surface area (Å²) >= 11 is 0. The Hall–Kier alpha value is -2.10. The second kappa shape index (κ2) is 3.57. The van der Waals surface area contributed by atoms with E-state index in [1.54, 1.807) is 16.8 Å². The molecule has 2 aromatic rings. The van der Waals surface area contributed by atoms with Gasteiger partial charge in [0.25, 0.3) is 0 Å². The summed E-state index contributed by atoms with van der Waals surface area (Å²) in [5.74, 6) is -0.418. The molecule has 0 atom stereocenters. The lowest BCUT2D eigenvalue weighted by atomic mass is 10.2. The molecule has 2 rings (SSSR count). The summed E-state index contributed by atoms with van der Waals surface area (Å²) in [6.07, 6.45) is 1.87. The molecule has 1 aromatic carbocycles. The van der Waals surface area contributed by atoms with Crippen molar-refractivity contribution in [2.24, 2.45) is 5.73 Å². The molecule has 0 aliphatic heterocycles. The number of nitrogens with two attached hydrogens (primary N) is 1. The first-order chi connectivity index (χ1) is 7.16. The van der Waals surface area contributed by atoms with E-state index in [0.717, 1.165) is 11.4 Å². The summed E-state index contributed by atoms with van der Waals surface area (Å²) in [7, 11) is 0. The van der Waals surface area contributed by atoms with Crippen molar-refractivity contribution in [2.75, 3.05) is 0 Å². The van der Waals surface area contributed by atoms with Gasteiger partial charge in [0.15, 0.2) is 0 Å². The third-order valence-electron chi connectivity index (χ3n) is 2.14. The number of aromatic nitrogens is 2. The molecule has 1 heterocycles. The summed E-state index contributed by atoms with van der Waals surface area (Å²) in [5.41, 5.74) is 7.51. The molecule has 4 nitrogen and oxygen atoms in total. The maximum Gasteiger partial charge on any atom is 0.248 e. The molecule has 0 unspecified atom stereocenters. The number of primary amides is 1.